The molecule has 0 spiro atoms. The first-order valence-corrected chi connectivity index (χ1v) is 28.7. The molecule has 7 N–H and O–H groups in total. The third-order valence-corrected chi connectivity index (χ3v) is 15.4. The van der Waals surface area contributed by atoms with E-state index in [1.54, 1.807) is 106 Å². The fourth-order valence-electron chi connectivity index (χ4n) is 10.2. The molecule has 1 aliphatic carbocycles. The molecule has 3 saturated heterocycles. The zero-order valence-corrected chi connectivity index (χ0v) is 50.1. The molecule has 13 atom stereocenters. The topological polar surface area (TPSA) is 358 Å². The summed E-state index contributed by atoms with van der Waals surface area (Å²) in [6, 6.07) is 7.95. The largest absolute Gasteiger partial charge is 0.444 e. The predicted molar refractivity (Wildman–Crippen MR) is 292 cm³/mol. The highest BCUT2D eigenvalue weighted by molar-refractivity contribution is 7.89. The Hall–Kier alpha value is -5.57. The first kappa shape index (κ1) is 66.6. The Bertz CT molecular complexity index is 2690. The van der Waals surface area contributed by atoms with Gasteiger partial charge in [0.25, 0.3) is 5.69 Å². The van der Waals surface area contributed by atoms with E-state index in [4.69, 9.17) is 53.1 Å². The van der Waals surface area contributed by atoms with E-state index in [2.05, 4.69) is 10.7 Å². The lowest BCUT2D eigenvalue weighted by Gasteiger charge is -2.52. The number of amides is 5. The maximum absolute atomic E-state index is 14.7. The van der Waals surface area contributed by atoms with Gasteiger partial charge in [-0.25, -0.2) is 38.0 Å². The molecule has 3 heterocycles. The van der Waals surface area contributed by atoms with Gasteiger partial charge in [0, 0.05) is 32.6 Å². The number of alkyl carbamates (subject to hydrolysis) is 1. The second-order valence-electron chi connectivity index (χ2n) is 24.7. The van der Waals surface area contributed by atoms with Crippen molar-refractivity contribution in [2.24, 2.45) is 5.73 Å². The molecular formula is C54H83N7O21S. The first-order chi connectivity index (χ1) is 38.3. The maximum Gasteiger partial charge on any atom is 0.429 e. The average molecular weight is 1200 g/mol. The van der Waals surface area contributed by atoms with Crippen molar-refractivity contribution in [3.63, 3.8) is 0 Å². The number of nitrogens with one attached hydrogen (secondary N) is 2. The van der Waals surface area contributed by atoms with Gasteiger partial charge in [-0.1, -0.05) is 42.5 Å². The summed E-state index contributed by atoms with van der Waals surface area (Å²) < 4.78 is 91.7. The minimum atomic E-state index is -4.73. The third-order valence-electron chi connectivity index (χ3n) is 13.5. The summed E-state index contributed by atoms with van der Waals surface area (Å²) in [5.41, 5.74) is 2.83. The number of para-hydroxylation sites is 1. The fraction of sp³-hybridized carbons (Fsp3) is 0.704. The number of aliphatic hydroxyl groups excluding tert-OH is 2. The van der Waals surface area contributed by atoms with Crippen molar-refractivity contribution < 1.29 is 95.2 Å². The van der Waals surface area contributed by atoms with Gasteiger partial charge in [0.05, 0.1) is 60.2 Å². The first-order valence-electron chi connectivity index (χ1n) is 27.3. The van der Waals surface area contributed by atoms with Crippen LogP contribution in [0.2, 0.25) is 0 Å². The minimum Gasteiger partial charge on any atom is -0.444 e. The van der Waals surface area contributed by atoms with Gasteiger partial charge >= 0.3 is 24.3 Å². The highest BCUT2D eigenvalue weighted by Crippen LogP contribution is 2.39. The Kier molecular flexibility index (Phi) is 21.1. The number of likely N-dealkylation sites (N-methyl/N-ethyl adjacent to an activating group) is 1. The number of carbonyl (C=O) groups excluding carboxylic acids is 4. The van der Waals surface area contributed by atoms with Crippen LogP contribution in [0.3, 0.4) is 0 Å². The zero-order valence-electron chi connectivity index (χ0n) is 49.2. The number of ether oxygens (including phenoxy) is 10. The lowest BCUT2D eigenvalue weighted by molar-refractivity contribution is -0.387. The highest BCUT2D eigenvalue weighted by atomic mass is 32.2. The van der Waals surface area contributed by atoms with Crippen molar-refractivity contribution in [3.8, 4) is 0 Å². The molecule has 28 nitrogen and oxygen atoms in total. The summed E-state index contributed by atoms with van der Waals surface area (Å²) in [4.78, 5) is 66.2. The minimum absolute atomic E-state index is 0.0122. The number of nitro groups is 1. The molecule has 5 amide bonds. The number of benzene rings is 2. The van der Waals surface area contributed by atoms with Gasteiger partial charge in [-0.2, -0.15) is 4.31 Å². The number of sulfonamides is 1. The van der Waals surface area contributed by atoms with Crippen LogP contribution in [0, 0.1) is 10.1 Å². The Morgan fingerprint density at radius 3 is 2.04 bits per heavy atom. The van der Waals surface area contributed by atoms with Crippen molar-refractivity contribution in [2.45, 2.75) is 215 Å². The van der Waals surface area contributed by atoms with Crippen LogP contribution in [0.25, 0.3) is 0 Å². The van der Waals surface area contributed by atoms with E-state index in [1.165, 1.54) is 26.1 Å². The molecule has 2 aromatic rings. The van der Waals surface area contributed by atoms with Crippen LogP contribution < -0.4 is 16.5 Å². The molecule has 6 rings (SSSR count). The van der Waals surface area contributed by atoms with Gasteiger partial charge < -0.3 is 78.6 Å². The molecule has 0 bridgehead atoms. The molecular weight excluding hydrogens is 1110 g/mol. The maximum atomic E-state index is 14.7. The molecule has 1 saturated carbocycles. The number of nitrogens with zero attached hydrogens (tertiary/aromatic N) is 4. The van der Waals surface area contributed by atoms with Crippen molar-refractivity contribution in [3.05, 3.63) is 70.3 Å². The van der Waals surface area contributed by atoms with Gasteiger partial charge in [-0.15, -0.1) is 0 Å². The SMILES string of the molecule is CN(C(=O)OC(C)(C)C)[C@@H]1[C@@H](O)[C@@H](O[C@@H]2[C@H](O)[C@@H](O[C@H]3O[C@H](CN(C[C@@H]4COC(C)(C)O4)S(=O)(=O)c4ccccc4[N+](=O)[O-])CC[C@H]3NC(=O)OC(C)(C)C)[C@@H](OC(C)(C)C)C[C@H]2N(NC(N)=O)C(=O)OCc2ccccc2)OC[C@]1(C)O. The van der Waals surface area contributed by atoms with Crippen LogP contribution in [-0.4, -0.2) is 202 Å². The number of hydrazine groups is 1. The van der Waals surface area contributed by atoms with E-state index >= 15 is 0 Å². The Balaban J connectivity index is 1.44. The lowest BCUT2D eigenvalue weighted by Crippen LogP contribution is -2.71. The molecule has 4 fully saturated rings. The quantitative estimate of drug-likeness (QED) is 0.0736. The Labute approximate surface area is 483 Å². The van der Waals surface area contributed by atoms with Crippen LogP contribution >= 0.6 is 0 Å². The number of aliphatic hydroxyl groups is 3. The van der Waals surface area contributed by atoms with Crippen molar-refractivity contribution >= 4 is 40.0 Å². The zero-order chi connectivity index (χ0) is 61.8. The molecule has 4 aliphatic rings. The van der Waals surface area contributed by atoms with E-state index in [9.17, 15) is 53.0 Å². The molecule has 3 aliphatic heterocycles. The highest BCUT2D eigenvalue weighted by Gasteiger charge is 2.57. The lowest BCUT2D eigenvalue weighted by atomic mass is 9.83. The molecule has 83 heavy (non-hydrogen) atoms. The number of urea groups is 1. The molecule has 29 heteroatoms. The van der Waals surface area contributed by atoms with Gasteiger partial charge in [0.2, 0.25) is 10.0 Å². The van der Waals surface area contributed by atoms with Crippen LogP contribution in [0.4, 0.5) is 24.9 Å². The van der Waals surface area contributed by atoms with Gasteiger partial charge in [-0.3, -0.25) is 10.1 Å². The standard InChI is InChI=1S/C54H83N7O21S/c1-50(2,3)80-37-25-36(60(57-46(55)64)49(67)73-28-31-19-15-14-16-20-31)41(77-45-40(63)43(54(12,68)30-74-45)58(13)48(66)82-52(7,8)9)39(62)42(37)78-44-34(56-47(65)81-51(4,5)6)24-23-32(76-44)26-59(27-33-29-75-53(10,11)79-33)83(71,72)38-22-18-17-21-35(38)61(69)70/h14-22,32-34,36-37,39-45,62-63,68H,23-30H2,1-13H3,(H,56,65)(H3,55,57,64)/t32-,33+,34+,36+,37-,39-,40+,41-,42-,43+,44+,45+,54-/m0/s1. The smallest absolute Gasteiger partial charge is 0.429 e. The summed E-state index contributed by atoms with van der Waals surface area (Å²) in [7, 11) is -3.45. The van der Waals surface area contributed by atoms with E-state index in [0.29, 0.717) is 10.6 Å². The van der Waals surface area contributed by atoms with Gasteiger partial charge in [0.15, 0.2) is 23.3 Å². The van der Waals surface area contributed by atoms with Crippen LogP contribution in [0.15, 0.2) is 59.5 Å². The van der Waals surface area contributed by atoms with Crippen molar-refractivity contribution in [1.82, 2.24) is 25.0 Å². The fourth-order valence-corrected chi connectivity index (χ4v) is 11.9. The van der Waals surface area contributed by atoms with E-state index < -0.39 is 171 Å². The van der Waals surface area contributed by atoms with Crippen LogP contribution in [-0.2, 0) is 64.0 Å². The van der Waals surface area contributed by atoms with E-state index in [-0.39, 0.29) is 32.6 Å². The van der Waals surface area contributed by atoms with Crippen molar-refractivity contribution in [2.75, 3.05) is 33.4 Å². The van der Waals surface area contributed by atoms with Crippen molar-refractivity contribution in [1.29, 1.82) is 0 Å². The third kappa shape index (κ3) is 18.0. The molecule has 0 radical (unpaired) electrons. The molecule has 0 unspecified atom stereocenters. The van der Waals surface area contributed by atoms with E-state index in [0.717, 1.165) is 21.3 Å². The van der Waals surface area contributed by atoms with Gasteiger partial charge in [0.1, 0.15) is 47.8 Å². The number of nitrogens with two attached hydrogens (primary N) is 1. The molecule has 466 valence electrons. The number of rotatable bonds is 17. The number of primary amides is 1. The Morgan fingerprint density at radius 2 is 1.45 bits per heavy atom. The number of hydrogen-bond acceptors (Lipinski definition) is 21. The second-order valence-corrected chi connectivity index (χ2v) is 26.6. The summed E-state index contributed by atoms with van der Waals surface area (Å²) in [5.74, 6) is -1.10. The average Bonchev–Trinajstić information content (AvgIpc) is 3.91. The second kappa shape index (κ2) is 26.4. The predicted octanol–water partition coefficient (Wildman–Crippen LogP) is 4.15. The summed E-state index contributed by atoms with van der Waals surface area (Å²) in [6.07, 6.45) is -17.6. The van der Waals surface area contributed by atoms with E-state index in [1.807, 2.05) is 0 Å². The van der Waals surface area contributed by atoms with Crippen LogP contribution in [0.5, 0.6) is 0 Å². The number of nitro benzene ring substituents is 1. The summed E-state index contributed by atoms with van der Waals surface area (Å²) >= 11 is 0. The summed E-state index contributed by atoms with van der Waals surface area (Å²) in [5, 5.41) is 52.6. The summed E-state index contributed by atoms with van der Waals surface area (Å²) in [6.45, 7) is 17.7. The Morgan fingerprint density at radius 1 is 0.831 bits per heavy atom. The monoisotopic (exact) mass is 1200 g/mol. The normalized spacial score (nSPS) is 29.5. The molecule has 0 aromatic heterocycles. The van der Waals surface area contributed by atoms with Gasteiger partial charge in [-0.05, 0) is 108 Å². The number of hydrogen-bond donors (Lipinski definition) is 6. The number of carbonyl (C=O) groups is 4. The molecule has 2 aromatic carbocycles. The van der Waals surface area contributed by atoms with Crippen LogP contribution in [0.1, 0.15) is 108 Å².